The van der Waals surface area contributed by atoms with E-state index >= 15 is 0 Å². The highest BCUT2D eigenvalue weighted by Gasteiger charge is 2.31. The standard InChI is InChI=1S/C18H26N4S.C18H25N3S.3C17H23N3S.2CH4/c1-22(2)13-9-7-12(8-10-13)21-17-16-14-5-3-4-6-15(14)23-18(16)20-11-19-17;1-2-12-7-9-13(10-8-12)21-17-16-14-5-3-4-6-15(14)22-18(16)20-11-19-17;1-11-5-4-6-12(9-11)20-16-15-13-7-2-3-8-14(13)21-17(15)19-10-18-16;2*1-11-6-8-12(9-7-11)20-16-15-13-4-2-3-5-14(13)21-17(15)19-10-18-16;;/h11-13H,3-10H2,1-2H3,(H,19,20,21);11-13H,2-10H2,1H3,(H,19,20,21);3*10-12H,2-9H2,1H3,(H,18,19,20);2*1H4. The monoisotopic (exact) mass is 1580 g/mol. The van der Waals surface area contributed by atoms with E-state index in [9.17, 15) is 0 Å². The Morgan fingerprint density at radius 3 is 0.836 bits per heavy atom. The number of aryl methyl sites for hydroxylation is 10. The van der Waals surface area contributed by atoms with Gasteiger partial charge in [-0.1, -0.05) is 61.8 Å². The fourth-order valence-corrected chi connectivity index (χ4v) is 25.9. The number of nitrogens with one attached hydrogen (secondary N) is 5. The summed E-state index contributed by atoms with van der Waals surface area (Å²) < 4.78 is 0. The second kappa shape index (κ2) is 38.1. The summed E-state index contributed by atoms with van der Waals surface area (Å²) in [5, 5.41) is 25.4. The largest absolute Gasteiger partial charge is 0.367 e. The summed E-state index contributed by atoms with van der Waals surface area (Å²) in [6.07, 6.45) is 61.5. The normalized spacial score (nSPS) is 25.0. The number of fused-ring (bicyclic) bond motifs is 15. The zero-order valence-electron chi connectivity index (χ0n) is 65.6. The number of rotatable bonds is 12. The maximum atomic E-state index is 4.61. The van der Waals surface area contributed by atoms with Gasteiger partial charge in [0.1, 0.15) is 84.9 Å². The van der Waals surface area contributed by atoms with Crippen molar-refractivity contribution in [3.05, 3.63) is 83.8 Å². The van der Waals surface area contributed by atoms with Crippen molar-refractivity contribution in [2.24, 2.45) is 23.7 Å². The van der Waals surface area contributed by atoms with Crippen LogP contribution in [0.5, 0.6) is 0 Å². The molecular weight excluding hydrogens is 1450 g/mol. The Morgan fingerprint density at radius 1 is 0.300 bits per heavy atom. The molecule has 0 bridgehead atoms. The van der Waals surface area contributed by atoms with Gasteiger partial charge in [0.25, 0.3) is 0 Å². The van der Waals surface area contributed by atoms with Crippen LogP contribution in [0.4, 0.5) is 29.1 Å². The van der Waals surface area contributed by atoms with Crippen molar-refractivity contribution in [3.63, 3.8) is 0 Å². The molecule has 0 aliphatic heterocycles. The van der Waals surface area contributed by atoms with Gasteiger partial charge in [-0.3, -0.25) is 0 Å². The van der Waals surface area contributed by atoms with Crippen LogP contribution in [-0.4, -0.2) is 105 Å². The van der Waals surface area contributed by atoms with Crippen molar-refractivity contribution in [2.45, 2.75) is 342 Å². The Labute approximate surface area is 676 Å². The van der Waals surface area contributed by atoms with Gasteiger partial charge in [-0.25, -0.2) is 49.8 Å². The van der Waals surface area contributed by atoms with E-state index in [4.69, 9.17) is 0 Å². The molecule has 0 saturated heterocycles. The average molecular weight is 1580 g/mol. The second-order valence-electron chi connectivity index (χ2n) is 34.3. The number of hydrogen-bond acceptors (Lipinski definition) is 21. The highest BCUT2D eigenvalue weighted by atomic mass is 32.1. The molecule has 0 radical (unpaired) electrons. The molecule has 0 aromatic carbocycles. The summed E-state index contributed by atoms with van der Waals surface area (Å²) in [4.78, 5) is 61.6. The lowest BCUT2D eigenvalue weighted by Gasteiger charge is -2.33. The molecule has 2 unspecified atom stereocenters. The van der Waals surface area contributed by atoms with Crippen LogP contribution in [0.2, 0.25) is 0 Å². The predicted molar refractivity (Wildman–Crippen MR) is 472 cm³/mol. The summed E-state index contributed by atoms with van der Waals surface area (Å²) in [5.74, 6) is 9.04. The molecule has 0 amide bonds. The summed E-state index contributed by atoms with van der Waals surface area (Å²) >= 11 is 9.43. The molecule has 10 aromatic rings. The molecular formula is C89H128N16S5. The first-order valence-corrected chi connectivity index (χ1v) is 46.8. The van der Waals surface area contributed by atoms with Crippen molar-refractivity contribution in [3.8, 4) is 0 Å². The highest BCUT2D eigenvalue weighted by Crippen LogP contribution is 2.45. The Bertz CT molecular complexity index is 4500. The SMILES string of the molecule is C.C.CC1CCC(Nc2ncnc3sc4c(c23)CCCC4)CC1.CC1CCC(Nc2ncnc3sc4c(c23)CCCC4)CC1.CC1CCCC(Nc2ncnc3sc4c(c23)CCCC4)C1.CCC1CCC(Nc2ncnc3sc4c(c23)CCCC4)CC1.CN(C)C1CCC(Nc2ncnc3sc4c(c23)CCCC4)CC1. The smallest absolute Gasteiger partial charge is 0.138 e. The summed E-state index contributed by atoms with van der Waals surface area (Å²) in [5.41, 5.74) is 7.67. The van der Waals surface area contributed by atoms with Crippen molar-refractivity contribution >= 4 is 137 Å². The van der Waals surface area contributed by atoms with Gasteiger partial charge in [0.15, 0.2) is 0 Å². The topological polar surface area (TPSA) is 192 Å². The lowest BCUT2D eigenvalue weighted by molar-refractivity contribution is 0.221. The first kappa shape index (κ1) is 80.8. The maximum absolute atomic E-state index is 4.61. The third-order valence-corrected chi connectivity index (χ3v) is 32.3. The molecule has 10 aliphatic rings. The molecule has 5 N–H and O–H groups in total. The quantitative estimate of drug-likeness (QED) is 0.0775. The minimum Gasteiger partial charge on any atom is -0.367 e. The van der Waals surface area contributed by atoms with E-state index in [0.717, 1.165) is 58.8 Å². The van der Waals surface area contributed by atoms with Crippen molar-refractivity contribution < 1.29 is 0 Å². The van der Waals surface area contributed by atoms with Crippen LogP contribution in [0.15, 0.2) is 31.6 Å². The van der Waals surface area contributed by atoms with E-state index in [2.05, 4.69) is 123 Å². The number of hydrogen-bond donors (Lipinski definition) is 5. The zero-order chi connectivity index (χ0) is 73.5. The average Bonchev–Trinajstić information content (AvgIpc) is 1.65. The molecule has 20 rings (SSSR count). The van der Waals surface area contributed by atoms with E-state index in [1.807, 2.05) is 56.7 Å². The third kappa shape index (κ3) is 18.9. The van der Waals surface area contributed by atoms with Crippen molar-refractivity contribution in [1.29, 1.82) is 0 Å². The Kier molecular flexibility index (Phi) is 28.0. The summed E-state index contributed by atoms with van der Waals surface area (Å²) in [6.45, 7) is 9.43. The Hall–Kier alpha value is -5.84. The highest BCUT2D eigenvalue weighted by molar-refractivity contribution is 7.20. The Morgan fingerprint density at radius 2 is 0.564 bits per heavy atom. The van der Waals surface area contributed by atoms with Crippen LogP contribution in [0, 0.1) is 23.7 Å². The number of nitrogens with zero attached hydrogens (tertiary/aromatic N) is 11. The fraction of sp³-hybridized carbons (Fsp3) is 0.663. The summed E-state index contributed by atoms with van der Waals surface area (Å²) in [6, 6.07) is 3.68. The van der Waals surface area contributed by atoms with Crippen LogP contribution < -0.4 is 26.6 Å². The number of anilines is 5. The van der Waals surface area contributed by atoms with E-state index in [-0.39, 0.29) is 14.9 Å². The lowest BCUT2D eigenvalue weighted by Crippen LogP contribution is -2.36. The van der Waals surface area contributed by atoms with Gasteiger partial charge in [-0.15, -0.1) is 56.7 Å². The van der Waals surface area contributed by atoms with Gasteiger partial charge in [0.2, 0.25) is 0 Å². The molecule has 110 heavy (non-hydrogen) atoms. The molecule has 10 aromatic heterocycles. The van der Waals surface area contributed by atoms with Gasteiger partial charge < -0.3 is 31.5 Å². The van der Waals surface area contributed by atoms with Gasteiger partial charge in [0.05, 0.1) is 26.9 Å². The molecule has 2 atom stereocenters. The van der Waals surface area contributed by atoms with E-state index in [0.29, 0.717) is 30.2 Å². The molecule has 10 aliphatic carbocycles. The molecule has 10 heterocycles. The first-order valence-electron chi connectivity index (χ1n) is 42.8. The van der Waals surface area contributed by atoms with E-state index < -0.39 is 0 Å². The molecule has 0 spiro atoms. The second-order valence-corrected chi connectivity index (χ2v) is 39.7. The third-order valence-electron chi connectivity index (χ3n) is 26.3. The van der Waals surface area contributed by atoms with E-state index in [1.54, 1.807) is 56.0 Å². The molecule has 5 fully saturated rings. The number of aromatic nitrogens is 10. The van der Waals surface area contributed by atoms with E-state index in [1.165, 1.54) is 342 Å². The minimum atomic E-state index is 0. The Balaban J connectivity index is 0.000000114. The first-order chi connectivity index (χ1) is 53.0. The van der Waals surface area contributed by atoms with Crippen molar-refractivity contribution in [1.82, 2.24) is 54.7 Å². The number of thiophene rings is 5. The fourth-order valence-electron chi connectivity index (χ4n) is 19.8. The maximum Gasteiger partial charge on any atom is 0.138 e. The minimum absolute atomic E-state index is 0. The molecule has 21 heteroatoms. The molecule has 5 saturated carbocycles. The lowest BCUT2D eigenvalue weighted by atomic mass is 9.84. The van der Waals surface area contributed by atoms with Gasteiger partial charge in [-0.05, 0) is 310 Å². The van der Waals surface area contributed by atoms with Crippen molar-refractivity contribution in [2.75, 3.05) is 40.7 Å². The van der Waals surface area contributed by atoms with Crippen LogP contribution in [0.1, 0.15) is 294 Å². The zero-order valence-corrected chi connectivity index (χ0v) is 69.7. The van der Waals surface area contributed by atoms with Crippen LogP contribution >= 0.6 is 56.7 Å². The van der Waals surface area contributed by atoms with Crippen LogP contribution in [-0.2, 0) is 64.2 Å². The predicted octanol–water partition coefficient (Wildman–Crippen LogP) is 23.8. The molecule has 594 valence electrons. The van der Waals surface area contributed by atoms with Gasteiger partial charge >= 0.3 is 0 Å². The molecule has 16 nitrogen and oxygen atoms in total. The van der Waals surface area contributed by atoms with Crippen LogP contribution in [0.25, 0.3) is 51.1 Å². The summed E-state index contributed by atoms with van der Waals surface area (Å²) in [7, 11) is 4.40. The van der Waals surface area contributed by atoms with Crippen LogP contribution in [0.3, 0.4) is 0 Å². The van der Waals surface area contributed by atoms with Gasteiger partial charge in [-0.2, -0.15) is 0 Å². The van der Waals surface area contributed by atoms with Gasteiger partial charge in [0, 0.05) is 60.6 Å².